The predicted octanol–water partition coefficient (Wildman–Crippen LogP) is 5.35. The Morgan fingerprint density at radius 1 is 0.879 bits per heavy atom. The van der Waals surface area contributed by atoms with Crippen molar-refractivity contribution in [2.24, 2.45) is 4.99 Å². The maximum Gasteiger partial charge on any atom is 0.233 e. The van der Waals surface area contributed by atoms with E-state index >= 15 is 0 Å². The van der Waals surface area contributed by atoms with Gasteiger partial charge >= 0.3 is 0 Å². The average Bonchev–Trinajstić information content (AvgIpc) is 3.36. The van der Waals surface area contributed by atoms with E-state index < -0.39 is 5.54 Å². The van der Waals surface area contributed by atoms with Crippen LogP contribution in [-0.4, -0.2) is 40.7 Å². The van der Waals surface area contributed by atoms with Crippen LogP contribution in [0.2, 0.25) is 0 Å². The molecular formula is C27H26N4OS. The van der Waals surface area contributed by atoms with Gasteiger partial charge in [0.1, 0.15) is 5.54 Å². The third kappa shape index (κ3) is 4.07. The Morgan fingerprint density at radius 2 is 1.42 bits per heavy atom. The first-order valence-corrected chi connectivity index (χ1v) is 12.5. The van der Waals surface area contributed by atoms with Crippen LogP contribution in [0.15, 0.2) is 101 Å². The van der Waals surface area contributed by atoms with Gasteiger partial charge in [0.05, 0.1) is 24.6 Å². The number of aliphatic imine (C=N–C) groups is 1. The number of hydrogen-bond donors (Lipinski definition) is 0. The van der Waals surface area contributed by atoms with Crippen LogP contribution in [0.25, 0.3) is 0 Å². The van der Waals surface area contributed by atoms with Gasteiger partial charge in [0, 0.05) is 6.54 Å². The molecule has 4 aromatic rings. The van der Waals surface area contributed by atoms with Gasteiger partial charge in [-0.05, 0) is 22.9 Å². The fraction of sp³-hybridized carbons (Fsp3) is 0.222. The van der Waals surface area contributed by atoms with E-state index in [9.17, 15) is 0 Å². The van der Waals surface area contributed by atoms with Crippen molar-refractivity contribution in [3.05, 3.63) is 119 Å². The highest BCUT2D eigenvalue weighted by Gasteiger charge is 2.43. The van der Waals surface area contributed by atoms with E-state index in [1.165, 1.54) is 16.7 Å². The summed E-state index contributed by atoms with van der Waals surface area (Å²) in [7, 11) is 0. The molecule has 0 spiro atoms. The topological polar surface area (TPSA) is 54.5 Å². The summed E-state index contributed by atoms with van der Waals surface area (Å²) in [5.74, 6) is 2.15. The number of benzene rings is 3. The summed E-state index contributed by atoms with van der Waals surface area (Å²) in [6, 6.07) is 31.9. The van der Waals surface area contributed by atoms with Gasteiger partial charge in [-0.2, -0.15) is 16.7 Å². The maximum atomic E-state index is 5.66. The Bertz CT molecular complexity index is 1100. The van der Waals surface area contributed by atoms with Crippen LogP contribution in [0.1, 0.15) is 34.3 Å². The summed E-state index contributed by atoms with van der Waals surface area (Å²) >= 11 is 1.69. The van der Waals surface area contributed by atoms with Crippen LogP contribution in [0, 0.1) is 0 Å². The molecule has 3 aromatic carbocycles. The van der Waals surface area contributed by atoms with Gasteiger partial charge in [0.25, 0.3) is 0 Å². The van der Waals surface area contributed by atoms with Gasteiger partial charge < -0.3 is 9.42 Å². The van der Waals surface area contributed by atoms with Crippen LogP contribution >= 0.6 is 11.8 Å². The largest absolute Gasteiger partial charge is 0.344 e. The van der Waals surface area contributed by atoms with Crippen molar-refractivity contribution in [2.45, 2.75) is 17.2 Å². The highest BCUT2D eigenvalue weighted by molar-refractivity contribution is 7.97. The van der Waals surface area contributed by atoms with Gasteiger partial charge in [-0.25, -0.2) is 0 Å². The third-order valence-corrected chi connectivity index (χ3v) is 6.62. The van der Waals surface area contributed by atoms with E-state index in [1.807, 2.05) is 12.6 Å². The first-order valence-electron chi connectivity index (χ1n) is 11.1. The lowest BCUT2D eigenvalue weighted by Crippen LogP contribution is -2.50. The molecule has 1 atom stereocenters. The molecule has 1 unspecified atom stereocenters. The van der Waals surface area contributed by atoms with E-state index in [0.29, 0.717) is 19.0 Å². The molecule has 1 aromatic heterocycles. The molecule has 0 amide bonds. The SMILES string of the molecule is CSCc1noc(C2CN=CN(C(c3ccccc3)(c3ccccc3)c3ccccc3)C2)n1. The van der Waals surface area contributed by atoms with Gasteiger partial charge in [-0.1, -0.05) is 96.2 Å². The van der Waals surface area contributed by atoms with Crippen molar-refractivity contribution in [3.8, 4) is 0 Å². The number of thioether (sulfide) groups is 1. The molecule has 6 heteroatoms. The second kappa shape index (κ2) is 9.63. The lowest BCUT2D eigenvalue weighted by atomic mass is 9.75. The first-order chi connectivity index (χ1) is 16.3. The molecule has 1 aliphatic heterocycles. The molecule has 0 N–H and O–H groups in total. The first kappa shape index (κ1) is 21.5. The minimum absolute atomic E-state index is 0.0219. The molecule has 1 aliphatic rings. The van der Waals surface area contributed by atoms with Crippen molar-refractivity contribution < 1.29 is 4.52 Å². The second-order valence-corrected chi connectivity index (χ2v) is 8.99. The zero-order chi connectivity index (χ0) is 22.5. The monoisotopic (exact) mass is 454 g/mol. The normalized spacial score (nSPS) is 16.2. The van der Waals surface area contributed by atoms with E-state index in [0.717, 1.165) is 11.6 Å². The summed E-state index contributed by atoms with van der Waals surface area (Å²) < 4.78 is 5.66. The lowest BCUT2D eigenvalue weighted by Gasteiger charge is -2.46. The molecule has 0 fully saturated rings. The Hall–Kier alpha value is -3.38. The fourth-order valence-electron chi connectivity index (χ4n) is 4.65. The van der Waals surface area contributed by atoms with E-state index in [-0.39, 0.29) is 5.92 Å². The minimum atomic E-state index is -0.548. The number of aromatic nitrogens is 2. The van der Waals surface area contributed by atoms with Crippen molar-refractivity contribution in [3.63, 3.8) is 0 Å². The Kier molecular flexibility index (Phi) is 6.26. The molecule has 5 nitrogen and oxygen atoms in total. The molecule has 166 valence electrons. The average molecular weight is 455 g/mol. The van der Waals surface area contributed by atoms with Crippen LogP contribution in [0.3, 0.4) is 0 Å². The summed E-state index contributed by atoms with van der Waals surface area (Å²) in [4.78, 5) is 11.8. The quantitative estimate of drug-likeness (QED) is 0.352. The van der Waals surface area contributed by atoms with Crippen LogP contribution in [0.4, 0.5) is 0 Å². The van der Waals surface area contributed by atoms with Gasteiger partial charge in [0.15, 0.2) is 5.82 Å². The van der Waals surface area contributed by atoms with Gasteiger partial charge in [-0.3, -0.25) is 4.99 Å². The van der Waals surface area contributed by atoms with Gasteiger partial charge in [-0.15, -0.1) is 0 Å². The fourth-order valence-corrected chi connectivity index (χ4v) is 5.03. The number of nitrogens with zero attached hydrogens (tertiary/aromatic N) is 4. The van der Waals surface area contributed by atoms with E-state index in [2.05, 4.69) is 106 Å². The minimum Gasteiger partial charge on any atom is -0.344 e. The van der Waals surface area contributed by atoms with E-state index in [4.69, 9.17) is 9.52 Å². The molecule has 0 aliphatic carbocycles. The highest BCUT2D eigenvalue weighted by atomic mass is 32.2. The second-order valence-electron chi connectivity index (χ2n) is 8.12. The highest BCUT2D eigenvalue weighted by Crippen LogP contribution is 2.43. The molecule has 0 radical (unpaired) electrons. The van der Waals surface area contributed by atoms with Crippen molar-refractivity contribution in [2.75, 3.05) is 19.3 Å². The standard InChI is InChI=1S/C27H26N4OS/c1-33-19-25-29-26(32-30-25)21-17-28-20-31(18-21)27(22-11-5-2-6-12-22,23-13-7-3-8-14-23)24-15-9-4-10-16-24/h2-16,20-21H,17-19H2,1H3. The Balaban J connectivity index is 1.65. The predicted molar refractivity (Wildman–Crippen MR) is 134 cm³/mol. The molecule has 33 heavy (non-hydrogen) atoms. The van der Waals surface area contributed by atoms with Crippen molar-refractivity contribution in [1.82, 2.24) is 15.0 Å². The summed E-state index contributed by atoms with van der Waals surface area (Å²) in [6.07, 6.45) is 4.03. The smallest absolute Gasteiger partial charge is 0.233 e. The molecule has 0 saturated carbocycles. The summed E-state index contributed by atoms with van der Waals surface area (Å²) in [5, 5.41) is 4.17. The molecule has 5 rings (SSSR count). The van der Waals surface area contributed by atoms with Gasteiger partial charge in [0.2, 0.25) is 5.89 Å². The molecule has 0 bridgehead atoms. The molecule has 0 saturated heterocycles. The Morgan fingerprint density at radius 3 is 1.94 bits per heavy atom. The van der Waals surface area contributed by atoms with E-state index in [1.54, 1.807) is 11.8 Å². The van der Waals surface area contributed by atoms with Crippen molar-refractivity contribution in [1.29, 1.82) is 0 Å². The van der Waals surface area contributed by atoms with Crippen LogP contribution in [0.5, 0.6) is 0 Å². The van der Waals surface area contributed by atoms with Crippen LogP contribution in [-0.2, 0) is 11.3 Å². The number of hydrogen-bond acceptors (Lipinski definition) is 6. The summed E-state index contributed by atoms with van der Waals surface area (Å²) in [6.45, 7) is 1.34. The zero-order valence-corrected chi connectivity index (χ0v) is 19.4. The molecular weight excluding hydrogens is 428 g/mol. The zero-order valence-electron chi connectivity index (χ0n) is 18.5. The Labute approximate surface area is 198 Å². The molecule has 2 heterocycles. The third-order valence-electron chi connectivity index (χ3n) is 6.08. The maximum absolute atomic E-state index is 5.66. The van der Waals surface area contributed by atoms with Crippen molar-refractivity contribution >= 4 is 18.1 Å². The number of rotatable bonds is 7. The van der Waals surface area contributed by atoms with Crippen LogP contribution < -0.4 is 0 Å². The summed E-state index contributed by atoms with van der Waals surface area (Å²) in [5.41, 5.74) is 3.00. The lowest BCUT2D eigenvalue weighted by molar-refractivity contribution is 0.228.